The van der Waals surface area contributed by atoms with E-state index in [0.29, 0.717) is 17.9 Å². The lowest BCUT2D eigenvalue weighted by molar-refractivity contribution is 0.340. The van der Waals surface area contributed by atoms with E-state index in [4.69, 9.17) is 37.4 Å². The van der Waals surface area contributed by atoms with Gasteiger partial charge in [-0.2, -0.15) is 13.5 Å². The molecule has 146 valence electrons. The van der Waals surface area contributed by atoms with Crippen molar-refractivity contribution < 1.29 is 22.6 Å². The highest BCUT2D eigenvalue weighted by molar-refractivity contribution is 7.89. The van der Waals surface area contributed by atoms with E-state index in [-0.39, 0.29) is 26.4 Å². The molecular formula is C17H18Cl2N2O5S. The van der Waals surface area contributed by atoms with Crippen molar-refractivity contribution in [2.45, 2.75) is 11.8 Å². The van der Waals surface area contributed by atoms with E-state index in [9.17, 15) is 8.42 Å². The first-order valence-corrected chi connectivity index (χ1v) is 9.95. The molecule has 0 atom stereocenters. The molecule has 0 aliphatic heterocycles. The molecule has 0 aliphatic rings. The van der Waals surface area contributed by atoms with Crippen LogP contribution in [0.4, 0.5) is 0 Å². The fourth-order valence-corrected chi connectivity index (χ4v) is 3.69. The summed E-state index contributed by atoms with van der Waals surface area (Å²) in [6.45, 7) is 2.33. The fourth-order valence-electron chi connectivity index (χ4n) is 2.19. The van der Waals surface area contributed by atoms with Crippen LogP contribution in [0.3, 0.4) is 0 Å². The van der Waals surface area contributed by atoms with Gasteiger partial charge in [0, 0.05) is 5.56 Å². The molecule has 0 amide bonds. The Balaban J connectivity index is 2.23. The van der Waals surface area contributed by atoms with Gasteiger partial charge >= 0.3 is 0 Å². The van der Waals surface area contributed by atoms with Gasteiger partial charge < -0.3 is 14.2 Å². The minimum atomic E-state index is -3.85. The molecule has 10 heteroatoms. The third-order valence-corrected chi connectivity index (χ3v) is 5.25. The Morgan fingerprint density at radius 2 is 1.74 bits per heavy atom. The minimum Gasteiger partial charge on any atom is -0.494 e. The Labute approximate surface area is 167 Å². The van der Waals surface area contributed by atoms with Gasteiger partial charge in [0.25, 0.3) is 10.0 Å². The summed E-state index contributed by atoms with van der Waals surface area (Å²) in [6, 6.07) is 7.47. The Morgan fingerprint density at radius 1 is 1.11 bits per heavy atom. The SMILES string of the molecule is CCOc1ccc(S(=O)(=O)N/N=C/c2cc(Cl)c(OC)c(Cl)c2OC)cc1. The van der Waals surface area contributed by atoms with Crippen LogP contribution in [0.15, 0.2) is 40.3 Å². The molecule has 0 bridgehead atoms. The summed E-state index contributed by atoms with van der Waals surface area (Å²) in [5.41, 5.74) is 0.377. The molecule has 0 radical (unpaired) electrons. The van der Waals surface area contributed by atoms with Gasteiger partial charge in [-0.25, -0.2) is 4.83 Å². The Hall–Kier alpha value is -2.16. The predicted octanol–water partition coefficient (Wildman–Crippen LogP) is 3.72. The highest BCUT2D eigenvalue weighted by Crippen LogP contribution is 2.41. The summed E-state index contributed by atoms with van der Waals surface area (Å²) in [6.07, 6.45) is 1.24. The fraction of sp³-hybridized carbons (Fsp3) is 0.235. The normalized spacial score (nSPS) is 11.4. The van der Waals surface area contributed by atoms with Crippen LogP contribution in [0.25, 0.3) is 0 Å². The van der Waals surface area contributed by atoms with Gasteiger partial charge in [0.1, 0.15) is 16.5 Å². The van der Waals surface area contributed by atoms with Crippen molar-refractivity contribution >= 4 is 39.4 Å². The summed E-state index contributed by atoms with van der Waals surface area (Å²) in [5, 5.41) is 4.15. The monoisotopic (exact) mass is 432 g/mol. The highest BCUT2D eigenvalue weighted by Gasteiger charge is 2.17. The molecule has 7 nitrogen and oxygen atoms in total. The molecule has 0 spiro atoms. The second-order valence-electron chi connectivity index (χ2n) is 5.09. The lowest BCUT2D eigenvalue weighted by Crippen LogP contribution is -2.18. The molecule has 0 heterocycles. The van der Waals surface area contributed by atoms with Crippen LogP contribution in [0.2, 0.25) is 10.0 Å². The number of benzene rings is 2. The first kappa shape index (κ1) is 21.1. The van der Waals surface area contributed by atoms with Crippen LogP contribution in [0.1, 0.15) is 12.5 Å². The lowest BCUT2D eigenvalue weighted by atomic mass is 10.2. The molecule has 2 aromatic carbocycles. The van der Waals surface area contributed by atoms with E-state index in [1.54, 1.807) is 12.1 Å². The van der Waals surface area contributed by atoms with E-state index in [0.717, 1.165) is 0 Å². The lowest BCUT2D eigenvalue weighted by Gasteiger charge is -2.12. The molecule has 0 unspecified atom stereocenters. The topological polar surface area (TPSA) is 86.2 Å². The van der Waals surface area contributed by atoms with Crippen LogP contribution < -0.4 is 19.0 Å². The average molecular weight is 433 g/mol. The maximum atomic E-state index is 12.3. The van der Waals surface area contributed by atoms with Crippen molar-refractivity contribution in [2.24, 2.45) is 5.10 Å². The minimum absolute atomic E-state index is 0.0425. The molecule has 1 N–H and O–H groups in total. The zero-order valence-electron chi connectivity index (χ0n) is 14.8. The predicted molar refractivity (Wildman–Crippen MR) is 105 cm³/mol. The van der Waals surface area contributed by atoms with Gasteiger partial charge in [0.2, 0.25) is 0 Å². The molecule has 0 saturated heterocycles. The summed E-state index contributed by atoms with van der Waals surface area (Å²) in [7, 11) is -1.02. The second kappa shape index (κ2) is 9.16. The maximum absolute atomic E-state index is 12.3. The summed E-state index contributed by atoms with van der Waals surface area (Å²) in [5.74, 6) is 1.08. The molecule has 2 rings (SSSR count). The van der Waals surface area contributed by atoms with E-state index >= 15 is 0 Å². The number of nitrogens with one attached hydrogen (secondary N) is 1. The highest BCUT2D eigenvalue weighted by atomic mass is 35.5. The molecule has 0 saturated carbocycles. The maximum Gasteiger partial charge on any atom is 0.276 e. The summed E-state index contributed by atoms with van der Waals surface area (Å²) in [4.78, 5) is 2.16. The second-order valence-corrected chi connectivity index (χ2v) is 7.53. The number of nitrogens with zero attached hydrogens (tertiary/aromatic N) is 1. The van der Waals surface area contributed by atoms with E-state index in [1.165, 1.54) is 38.6 Å². The van der Waals surface area contributed by atoms with Gasteiger partial charge in [-0.3, -0.25) is 0 Å². The Bertz CT molecular complexity index is 931. The van der Waals surface area contributed by atoms with Crippen molar-refractivity contribution in [3.8, 4) is 17.2 Å². The van der Waals surface area contributed by atoms with E-state index in [2.05, 4.69) is 9.93 Å². The van der Waals surface area contributed by atoms with Crippen LogP contribution >= 0.6 is 23.2 Å². The number of hydrogen-bond acceptors (Lipinski definition) is 6. The number of rotatable bonds is 8. The molecular weight excluding hydrogens is 415 g/mol. The summed E-state index contributed by atoms with van der Waals surface area (Å²) >= 11 is 12.3. The first-order valence-electron chi connectivity index (χ1n) is 7.71. The Kier molecular flexibility index (Phi) is 7.18. The van der Waals surface area contributed by atoms with Crippen molar-refractivity contribution in [3.05, 3.63) is 45.9 Å². The largest absolute Gasteiger partial charge is 0.494 e. The molecule has 2 aromatic rings. The first-order chi connectivity index (χ1) is 12.8. The smallest absolute Gasteiger partial charge is 0.276 e. The molecule has 0 fully saturated rings. The van der Waals surface area contributed by atoms with Crippen molar-refractivity contribution in [2.75, 3.05) is 20.8 Å². The van der Waals surface area contributed by atoms with Gasteiger partial charge in [-0.15, -0.1) is 0 Å². The Morgan fingerprint density at radius 3 is 2.30 bits per heavy atom. The molecule has 27 heavy (non-hydrogen) atoms. The number of methoxy groups -OCH3 is 2. The average Bonchev–Trinajstić information content (AvgIpc) is 2.63. The zero-order chi connectivity index (χ0) is 20.0. The van der Waals surface area contributed by atoms with Crippen LogP contribution in [0.5, 0.6) is 17.2 Å². The number of sulfonamides is 1. The van der Waals surface area contributed by atoms with Crippen molar-refractivity contribution in [3.63, 3.8) is 0 Å². The number of hydrogen-bond donors (Lipinski definition) is 1. The number of ether oxygens (including phenoxy) is 3. The molecule has 0 aromatic heterocycles. The van der Waals surface area contributed by atoms with Crippen LogP contribution in [-0.2, 0) is 10.0 Å². The van der Waals surface area contributed by atoms with E-state index in [1.807, 2.05) is 6.92 Å². The standard InChI is InChI=1S/C17H18Cl2N2O5S/c1-4-26-12-5-7-13(8-6-12)27(22,23)21-20-10-11-9-14(18)17(25-3)15(19)16(11)24-2/h5-10,21H,4H2,1-3H3/b20-10+. The third kappa shape index (κ3) is 4.97. The van der Waals surface area contributed by atoms with Gasteiger partial charge in [-0.1, -0.05) is 23.2 Å². The quantitative estimate of drug-likeness (QED) is 0.507. The van der Waals surface area contributed by atoms with Crippen molar-refractivity contribution in [1.82, 2.24) is 4.83 Å². The van der Waals surface area contributed by atoms with Crippen LogP contribution in [0, 0.1) is 0 Å². The van der Waals surface area contributed by atoms with Gasteiger partial charge in [0.15, 0.2) is 5.75 Å². The van der Waals surface area contributed by atoms with E-state index < -0.39 is 10.0 Å². The number of hydrazone groups is 1. The van der Waals surface area contributed by atoms with Crippen LogP contribution in [-0.4, -0.2) is 35.5 Å². The zero-order valence-corrected chi connectivity index (χ0v) is 17.2. The summed E-state index contributed by atoms with van der Waals surface area (Å²) < 4.78 is 40.2. The molecule has 0 aliphatic carbocycles. The third-order valence-electron chi connectivity index (χ3n) is 3.39. The van der Waals surface area contributed by atoms with Gasteiger partial charge in [-0.05, 0) is 37.3 Å². The van der Waals surface area contributed by atoms with Crippen molar-refractivity contribution in [1.29, 1.82) is 0 Å². The number of halogens is 2. The van der Waals surface area contributed by atoms with Gasteiger partial charge in [0.05, 0.1) is 37.0 Å².